The van der Waals surface area contributed by atoms with Gasteiger partial charge in [0.25, 0.3) is 0 Å². The van der Waals surface area contributed by atoms with Gasteiger partial charge in [0, 0.05) is 0 Å². The summed E-state index contributed by atoms with van der Waals surface area (Å²) in [6.45, 7) is 5.27. The fourth-order valence-corrected chi connectivity index (χ4v) is 2.16. The van der Waals surface area contributed by atoms with Gasteiger partial charge >= 0.3 is 0 Å². The van der Waals surface area contributed by atoms with Crippen molar-refractivity contribution < 1.29 is 14.1 Å². The molecule has 0 bridgehead atoms. The molecule has 0 aromatic rings. The van der Waals surface area contributed by atoms with Gasteiger partial charge in [0.2, 0.25) is 11.8 Å². The van der Waals surface area contributed by atoms with Gasteiger partial charge in [-0.1, -0.05) is 51.7 Å². The minimum atomic E-state index is -0.0788. The first-order valence-electron chi connectivity index (χ1n) is 9.62. The van der Waals surface area contributed by atoms with Crippen LogP contribution in [0.1, 0.15) is 65.2 Å². The molecule has 0 aromatic carbocycles. The van der Waals surface area contributed by atoms with Gasteiger partial charge < -0.3 is 10.6 Å². The zero-order valence-corrected chi connectivity index (χ0v) is 16.6. The molecule has 0 radical (unpaired) electrons. The van der Waals surface area contributed by atoms with Gasteiger partial charge in [-0.05, 0) is 37.8 Å². The number of amides is 2. The predicted octanol–water partition coefficient (Wildman–Crippen LogP) is 3.48. The van der Waals surface area contributed by atoms with E-state index in [2.05, 4.69) is 24.5 Å². The SMILES string of the molecule is CCCCC/C=C/C(=O)NC[N+](C)(C)CNC(=O)/C=C/CCCCC. The highest BCUT2D eigenvalue weighted by Crippen LogP contribution is 2.00. The molecular weight excluding hydrogens is 314 g/mol. The fourth-order valence-electron chi connectivity index (χ4n) is 2.16. The summed E-state index contributed by atoms with van der Waals surface area (Å²) in [6, 6.07) is 0. The Labute approximate surface area is 154 Å². The maximum absolute atomic E-state index is 11.8. The first-order valence-corrected chi connectivity index (χ1v) is 9.62. The summed E-state index contributed by atoms with van der Waals surface area (Å²) in [5.74, 6) is -0.158. The first-order chi connectivity index (χ1) is 11.9. The van der Waals surface area contributed by atoms with E-state index in [1.54, 1.807) is 12.2 Å². The lowest BCUT2D eigenvalue weighted by Gasteiger charge is -2.29. The number of allylic oxidation sites excluding steroid dienone is 2. The van der Waals surface area contributed by atoms with Crippen LogP contribution in [0.4, 0.5) is 0 Å². The number of nitrogens with zero attached hydrogens (tertiary/aromatic N) is 1. The van der Waals surface area contributed by atoms with Crippen molar-refractivity contribution in [3.8, 4) is 0 Å². The normalized spacial score (nSPS) is 12.0. The van der Waals surface area contributed by atoms with E-state index >= 15 is 0 Å². The zero-order chi connectivity index (χ0) is 19.0. The number of hydrogen-bond donors (Lipinski definition) is 2. The second-order valence-corrected chi connectivity index (χ2v) is 7.13. The van der Waals surface area contributed by atoms with Crippen LogP contribution < -0.4 is 10.6 Å². The maximum atomic E-state index is 11.8. The van der Waals surface area contributed by atoms with Gasteiger partial charge in [-0.3, -0.25) is 14.1 Å². The molecule has 0 aliphatic rings. The molecule has 5 nitrogen and oxygen atoms in total. The third kappa shape index (κ3) is 15.6. The van der Waals surface area contributed by atoms with Crippen molar-refractivity contribution in [1.29, 1.82) is 0 Å². The van der Waals surface area contributed by atoms with E-state index in [0.717, 1.165) is 25.7 Å². The van der Waals surface area contributed by atoms with Crippen LogP contribution in [0.3, 0.4) is 0 Å². The lowest BCUT2D eigenvalue weighted by molar-refractivity contribution is -0.893. The van der Waals surface area contributed by atoms with E-state index in [9.17, 15) is 9.59 Å². The molecule has 144 valence electrons. The molecule has 2 amide bonds. The van der Waals surface area contributed by atoms with Gasteiger partial charge in [-0.2, -0.15) is 0 Å². The maximum Gasteiger partial charge on any atom is 0.247 e. The van der Waals surface area contributed by atoms with Gasteiger partial charge in [-0.25, -0.2) is 0 Å². The molecule has 0 rings (SSSR count). The van der Waals surface area contributed by atoms with Gasteiger partial charge in [0.05, 0.1) is 14.1 Å². The standard InChI is InChI=1S/C20H37N3O2/c1-5-7-9-11-13-15-19(24)21-17-23(3,4)18-22-20(25)16-14-12-10-8-6-2/h13-16H,5-12,17-18H2,1-4H3,(H-,21,22,24,25)/p+1/b15-13+,16-14+. The molecule has 25 heavy (non-hydrogen) atoms. The monoisotopic (exact) mass is 352 g/mol. The Morgan fingerprint density at radius 3 is 1.52 bits per heavy atom. The molecule has 0 heterocycles. The van der Waals surface area contributed by atoms with Crippen LogP contribution in [-0.2, 0) is 9.59 Å². The van der Waals surface area contributed by atoms with Crippen LogP contribution in [0.5, 0.6) is 0 Å². The predicted molar refractivity (Wildman–Crippen MR) is 105 cm³/mol. The number of unbranched alkanes of at least 4 members (excludes halogenated alkanes) is 6. The minimum absolute atomic E-state index is 0.0788. The molecule has 0 aliphatic heterocycles. The topological polar surface area (TPSA) is 58.2 Å². The molecule has 0 saturated carbocycles. The molecular formula is C20H38N3O2+. The molecule has 0 unspecified atom stereocenters. The summed E-state index contributed by atoms with van der Waals surface area (Å²) in [4.78, 5) is 23.6. The molecule has 0 aromatic heterocycles. The summed E-state index contributed by atoms with van der Waals surface area (Å²) in [5.41, 5.74) is 0. The number of rotatable bonds is 14. The van der Waals surface area contributed by atoms with Crippen molar-refractivity contribution in [2.75, 3.05) is 27.4 Å². The Hall–Kier alpha value is -1.62. The van der Waals surface area contributed by atoms with Crippen molar-refractivity contribution in [3.63, 3.8) is 0 Å². The molecule has 5 heteroatoms. The minimum Gasteiger partial charge on any atom is -0.306 e. The van der Waals surface area contributed by atoms with E-state index < -0.39 is 0 Å². The highest BCUT2D eigenvalue weighted by Gasteiger charge is 2.15. The van der Waals surface area contributed by atoms with Gasteiger partial charge in [0.1, 0.15) is 0 Å². The second-order valence-electron chi connectivity index (χ2n) is 7.13. The number of carbonyl (C=O) groups excluding carboxylic acids is 2. The number of nitrogens with one attached hydrogen (secondary N) is 2. The van der Waals surface area contributed by atoms with Crippen molar-refractivity contribution in [2.24, 2.45) is 0 Å². The molecule has 0 spiro atoms. The van der Waals surface area contributed by atoms with E-state index in [-0.39, 0.29) is 11.8 Å². The average Bonchev–Trinajstić information content (AvgIpc) is 2.58. The van der Waals surface area contributed by atoms with Gasteiger partial charge in [0.15, 0.2) is 13.3 Å². The van der Waals surface area contributed by atoms with Crippen LogP contribution in [0.25, 0.3) is 0 Å². The van der Waals surface area contributed by atoms with E-state index in [1.165, 1.54) is 25.7 Å². The van der Waals surface area contributed by atoms with E-state index in [1.807, 2.05) is 26.2 Å². The molecule has 0 atom stereocenters. The van der Waals surface area contributed by atoms with Crippen LogP contribution >= 0.6 is 0 Å². The summed E-state index contributed by atoms with van der Waals surface area (Å²) in [6.07, 6.45) is 16.0. The highest BCUT2D eigenvalue weighted by atomic mass is 16.2. The Bertz CT molecular complexity index is 391. The van der Waals surface area contributed by atoms with E-state index in [4.69, 9.17) is 0 Å². The summed E-state index contributed by atoms with van der Waals surface area (Å²) >= 11 is 0. The van der Waals surface area contributed by atoms with Crippen molar-refractivity contribution >= 4 is 11.8 Å². The van der Waals surface area contributed by atoms with Crippen molar-refractivity contribution in [3.05, 3.63) is 24.3 Å². The van der Waals surface area contributed by atoms with E-state index in [0.29, 0.717) is 17.8 Å². The quantitative estimate of drug-likeness (QED) is 0.218. The largest absolute Gasteiger partial charge is 0.306 e. The number of quaternary nitrogens is 1. The highest BCUT2D eigenvalue weighted by molar-refractivity contribution is 5.87. The van der Waals surface area contributed by atoms with Crippen molar-refractivity contribution in [1.82, 2.24) is 10.6 Å². The van der Waals surface area contributed by atoms with Crippen LogP contribution in [0.2, 0.25) is 0 Å². The summed E-state index contributed by atoms with van der Waals surface area (Å²) in [5, 5.41) is 5.76. The molecule has 2 N–H and O–H groups in total. The lowest BCUT2D eigenvalue weighted by Crippen LogP contribution is -2.53. The Morgan fingerprint density at radius 2 is 1.16 bits per heavy atom. The number of hydrogen-bond acceptors (Lipinski definition) is 2. The second kappa shape index (κ2) is 14.7. The average molecular weight is 353 g/mol. The van der Waals surface area contributed by atoms with Crippen LogP contribution in [0.15, 0.2) is 24.3 Å². The fraction of sp³-hybridized carbons (Fsp3) is 0.700. The summed E-state index contributed by atoms with van der Waals surface area (Å²) < 4.78 is 0.491. The third-order valence-electron chi connectivity index (χ3n) is 3.85. The Kier molecular flexibility index (Phi) is 13.7. The van der Waals surface area contributed by atoms with Gasteiger partial charge in [-0.15, -0.1) is 0 Å². The third-order valence-corrected chi connectivity index (χ3v) is 3.85. The zero-order valence-electron chi connectivity index (χ0n) is 16.6. The van der Waals surface area contributed by atoms with Crippen LogP contribution in [-0.4, -0.2) is 43.7 Å². The summed E-state index contributed by atoms with van der Waals surface area (Å²) in [7, 11) is 3.94. The number of carbonyl (C=O) groups is 2. The van der Waals surface area contributed by atoms with Crippen LogP contribution in [0, 0.1) is 0 Å². The molecule has 0 aliphatic carbocycles. The smallest absolute Gasteiger partial charge is 0.247 e. The molecule has 0 fully saturated rings. The lowest BCUT2D eigenvalue weighted by atomic mass is 10.2. The Balaban J connectivity index is 3.95. The Morgan fingerprint density at radius 1 is 0.760 bits per heavy atom. The van der Waals surface area contributed by atoms with Crippen molar-refractivity contribution in [2.45, 2.75) is 65.2 Å². The molecule has 0 saturated heterocycles. The first kappa shape index (κ1) is 23.4.